The van der Waals surface area contributed by atoms with Gasteiger partial charge < -0.3 is 5.32 Å². The highest BCUT2D eigenvalue weighted by atomic mass is 35.5. The van der Waals surface area contributed by atoms with E-state index in [1.165, 1.54) is 0 Å². The molecule has 0 heterocycles. The van der Waals surface area contributed by atoms with Crippen LogP contribution < -0.4 is 5.32 Å². The molecule has 0 aliphatic heterocycles. The number of anilines is 1. The molecular weight excluding hydrogens is 281 g/mol. The maximum atomic E-state index is 12.3. The van der Waals surface area contributed by atoms with E-state index in [1.807, 2.05) is 45.0 Å². The number of benzene rings is 1. The minimum atomic E-state index is -0.0943. The summed E-state index contributed by atoms with van der Waals surface area (Å²) in [6, 6.07) is 7.76. The molecule has 1 fully saturated rings. The predicted octanol–water partition coefficient (Wildman–Crippen LogP) is 4.52. The van der Waals surface area contributed by atoms with Gasteiger partial charge >= 0.3 is 0 Å². The number of allylic oxidation sites excluding steroid dienone is 1. The Labute approximate surface area is 123 Å². The van der Waals surface area contributed by atoms with Crippen molar-refractivity contribution in [3.05, 3.63) is 40.4 Å². The summed E-state index contributed by atoms with van der Waals surface area (Å²) >= 11 is 11.4. The summed E-state index contributed by atoms with van der Waals surface area (Å²) in [6.07, 6.45) is 1.75. The van der Waals surface area contributed by atoms with Gasteiger partial charge in [0.2, 0.25) is 5.91 Å². The van der Waals surface area contributed by atoms with E-state index in [1.54, 1.807) is 6.08 Å². The van der Waals surface area contributed by atoms with E-state index >= 15 is 0 Å². The van der Waals surface area contributed by atoms with Crippen molar-refractivity contribution in [2.75, 3.05) is 5.32 Å². The maximum absolute atomic E-state index is 12.3. The van der Waals surface area contributed by atoms with Crippen LogP contribution in [0.1, 0.15) is 19.4 Å². The average molecular weight is 298 g/mol. The summed E-state index contributed by atoms with van der Waals surface area (Å²) in [5.41, 5.74) is 1.85. The molecule has 1 aromatic carbocycles. The summed E-state index contributed by atoms with van der Waals surface area (Å²) < 4.78 is 0.226. The lowest BCUT2D eigenvalue weighted by Gasteiger charge is -2.06. The Kier molecular flexibility index (Phi) is 3.93. The van der Waals surface area contributed by atoms with Gasteiger partial charge in [0.15, 0.2) is 0 Å². The number of aryl methyl sites for hydroxylation is 1. The van der Waals surface area contributed by atoms with Crippen molar-refractivity contribution >= 4 is 34.8 Å². The first-order valence-electron chi connectivity index (χ1n) is 6.22. The lowest BCUT2D eigenvalue weighted by atomic mass is 10.1. The Morgan fingerprint density at radius 1 is 1.37 bits per heavy atom. The largest absolute Gasteiger partial charge is 0.326 e. The summed E-state index contributed by atoms with van der Waals surface area (Å²) in [5, 5.41) is 2.95. The van der Waals surface area contributed by atoms with Gasteiger partial charge in [-0.25, -0.2) is 0 Å². The SMILES string of the molecule is Cc1cccc(NC(=O)[C@@H]2[C@H](C=C(Cl)Cl)C2(C)C)c1. The molecule has 1 aromatic rings. The maximum Gasteiger partial charge on any atom is 0.228 e. The molecule has 1 amide bonds. The summed E-state index contributed by atoms with van der Waals surface area (Å²) in [5.74, 6) is 0.0363. The number of halogens is 2. The van der Waals surface area contributed by atoms with E-state index in [-0.39, 0.29) is 27.6 Å². The van der Waals surface area contributed by atoms with Crippen molar-refractivity contribution in [3.63, 3.8) is 0 Å². The molecule has 0 unspecified atom stereocenters. The molecule has 0 aromatic heterocycles. The van der Waals surface area contributed by atoms with Crippen LogP contribution in [0.4, 0.5) is 5.69 Å². The monoisotopic (exact) mass is 297 g/mol. The summed E-state index contributed by atoms with van der Waals surface area (Å²) in [7, 11) is 0. The predicted molar refractivity (Wildman–Crippen MR) is 80.4 cm³/mol. The molecule has 1 aliphatic carbocycles. The van der Waals surface area contributed by atoms with Crippen LogP contribution in [-0.2, 0) is 4.79 Å². The fraction of sp³-hybridized carbons (Fsp3) is 0.400. The molecular formula is C15H17Cl2NO. The molecule has 1 saturated carbocycles. The number of carbonyl (C=O) groups excluding carboxylic acids is 1. The van der Waals surface area contributed by atoms with E-state index < -0.39 is 0 Å². The van der Waals surface area contributed by atoms with E-state index in [4.69, 9.17) is 23.2 Å². The first-order valence-corrected chi connectivity index (χ1v) is 6.98. The van der Waals surface area contributed by atoms with Gasteiger partial charge in [0, 0.05) is 5.69 Å². The highest BCUT2D eigenvalue weighted by molar-refractivity contribution is 6.55. The normalized spacial score (nSPS) is 23.6. The van der Waals surface area contributed by atoms with E-state index in [2.05, 4.69) is 5.32 Å². The highest BCUT2D eigenvalue weighted by Gasteiger charge is 2.60. The van der Waals surface area contributed by atoms with Crippen molar-refractivity contribution in [2.45, 2.75) is 20.8 Å². The Morgan fingerprint density at radius 2 is 2.05 bits per heavy atom. The van der Waals surface area contributed by atoms with E-state index in [0.29, 0.717) is 0 Å². The van der Waals surface area contributed by atoms with Gasteiger partial charge in [0.1, 0.15) is 4.49 Å². The molecule has 0 saturated heterocycles. The zero-order chi connectivity index (χ0) is 14.2. The van der Waals surface area contributed by atoms with Gasteiger partial charge in [-0.1, -0.05) is 49.2 Å². The topological polar surface area (TPSA) is 29.1 Å². The summed E-state index contributed by atoms with van der Waals surface area (Å²) in [6.45, 7) is 6.09. The minimum Gasteiger partial charge on any atom is -0.326 e. The zero-order valence-corrected chi connectivity index (χ0v) is 12.7. The number of hydrogen-bond donors (Lipinski definition) is 1. The third-order valence-electron chi connectivity index (χ3n) is 3.78. The first kappa shape index (κ1) is 14.4. The third-order valence-corrected chi connectivity index (χ3v) is 4.04. The minimum absolute atomic E-state index is 0.0198. The van der Waals surface area contributed by atoms with Crippen molar-refractivity contribution in [3.8, 4) is 0 Å². The van der Waals surface area contributed by atoms with Gasteiger partial charge in [-0.3, -0.25) is 4.79 Å². The summed E-state index contributed by atoms with van der Waals surface area (Å²) in [4.78, 5) is 12.3. The smallest absolute Gasteiger partial charge is 0.228 e. The van der Waals surface area contributed by atoms with Gasteiger partial charge in [-0.2, -0.15) is 0 Å². The Hall–Kier alpha value is -0.990. The average Bonchev–Trinajstić information content (AvgIpc) is 2.79. The van der Waals surface area contributed by atoms with Gasteiger partial charge in [-0.15, -0.1) is 0 Å². The van der Waals surface area contributed by atoms with Crippen LogP contribution in [0.5, 0.6) is 0 Å². The number of hydrogen-bond acceptors (Lipinski definition) is 1. The highest BCUT2D eigenvalue weighted by Crippen LogP contribution is 2.59. The molecule has 2 rings (SSSR count). The molecule has 1 N–H and O–H groups in total. The number of amides is 1. The molecule has 0 radical (unpaired) electrons. The molecule has 4 heteroatoms. The second-order valence-corrected chi connectivity index (χ2v) is 6.65. The van der Waals surface area contributed by atoms with Crippen molar-refractivity contribution in [2.24, 2.45) is 17.3 Å². The fourth-order valence-electron chi connectivity index (χ4n) is 2.57. The molecule has 2 nitrogen and oxygen atoms in total. The van der Waals surface area contributed by atoms with Crippen LogP contribution in [0.3, 0.4) is 0 Å². The standard InChI is InChI=1S/C15H17Cl2NO/c1-9-5-4-6-10(7-9)18-14(19)13-11(8-12(16)17)15(13,2)3/h4-8,11,13H,1-3H3,(H,18,19)/t11-,13-/m0/s1. The Bertz CT molecular complexity index is 533. The van der Waals surface area contributed by atoms with Gasteiger partial charge in [0.25, 0.3) is 0 Å². The first-order chi connectivity index (χ1) is 8.82. The van der Waals surface area contributed by atoms with Crippen LogP contribution in [0.25, 0.3) is 0 Å². The molecule has 19 heavy (non-hydrogen) atoms. The number of carbonyl (C=O) groups is 1. The van der Waals surface area contributed by atoms with E-state index in [9.17, 15) is 4.79 Å². The van der Waals surface area contributed by atoms with E-state index in [0.717, 1.165) is 11.3 Å². The number of rotatable bonds is 3. The molecule has 102 valence electrons. The molecule has 0 spiro atoms. The van der Waals surface area contributed by atoms with Crippen LogP contribution >= 0.6 is 23.2 Å². The van der Waals surface area contributed by atoms with Crippen molar-refractivity contribution < 1.29 is 4.79 Å². The van der Waals surface area contributed by atoms with Crippen molar-refractivity contribution in [1.29, 1.82) is 0 Å². The van der Waals surface area contributed by atoms with Gasteiger partial charge in [0.05, 0.1) is 5.92 Å². The zero-order valence-electron chi connectivity index (χ0n) is 11.2. The third kappa shape index (κ3) is 3.13. The van der Waals surface area contributed by atoms with Crippen LogP contribution in [-0.4, -0.2) is 5.91 Å². The Morgan fingerprint density at radius 3 is 2.63 bits per heavy atom. The Balaban J connectivity index is 2.08. The quantitative estimate of drug-likeness (QED) is 0.873. The van der Waals surface area contributed by atoms with Crippen molar-refractivity contribution in [1.82, 2.24) is 0 Å². The van der Waals surface area contributed by atoms with Crippen LogP contribution in [0.2, 0.25) is 0 Å². The lowest BCUT2D eigenvalue weighted by Crippen LogP contribution is -2.16. The number of nitrogens with one attached hydrogen (secondary N) is 1. The second-order valence-electron chi connectivity index (χ2n) is 5.64. The fourth-order valence-corrected chi connectivity index (χ4v) is 2.84. The second kappa shape index (κ2) is 5.18. The van der Waals surface area contributed by atoms with Crippen LogP contribution in [0, 0.1) is 24.2 Å². The molecule has 2 atom stereocenters. The molecule has 1 aliphatic rings. The lowest BCUT2D eigenvalue weighted by molar-refractivity contribution is -0.118. The molecule has 0 bridgehead atoms. The van der Waals surface area contributed by atoms with Crippen LogP contribution in [0.15, 0.2) is 34.8 Å². The van der Waals surface area contributed by atoms with Gasteiger partial charge in [-0.05, 0) is 42.0 Å².